The Labute approximate surface area is 230 Å². The van der Waals surface area contributed by atoms with E-state index in [1.54, 1.807) is 17.8 Å². The zero-order valence-corrected chi connectivity index (χ0v) is 23.1. The Morgan fingerprint density at radius 3 is 2.42 bits per heavy atom. The molecule has 2 aliphatic heterocycles. The number of nitrogens with zero attached hydrogens (tertiary/aromatic N) is 5. The molecule has 0 aliphatic carbocycles. The first kappa shape index (κ1) is 29.3. The number of benzene rings is 1. The van der Waals surface area contributed by atoms with E-state index in [2.05, 4.69) is 15.3 Å². The van der Waals surface area contributed by atoms with Gasteiger partial charge < -0.3 is 19.9 Å². The standard InChI is InChI=1S/C26H28F4N6O2.C2H6/c1-16-9-21(27)23(33-25(37)36-4-3-19(15-36)26(28,29)30)12-20(16)17-10-22(18-13-31-34(2)14-18)32-24(11-17)35-5-7-38-8-6-35;1-2/h9-14,19H,3-8,15H2,1-2H3,(H,33,37);1-2H3. The van der Waals surface area contributed by atoms with Gasteiger partial charge in [-0.1, -0.05) is 13.8 Å². The van der Waals surface area contributed by atoms with Crippen LogP contribution in [0.4, 0.5) is 33.9 Å². The first-order valence-corrected chi connectivity index (χ1v) is 13.4. The second-order valence-corrected chi connectivity index (χ2v) is 9.65. The lowest BCUT2D eigenvalue weighted by Gasteiger charge is -2.28. The Balaban J connectivity index is 0.00000181. The monoisotopic (exact) mass is 562 g/mol. The van der Waals surface area contributed by atoms with E-state index in [9.17, 15) is 22.4 Å². The van der Waals surface area contributed by atoms with Crippen LogP contribution < -0.4 is 10.2 Å². The fraction of sp³-hybridized carbons (Fsp3) is 0.464. The highest BCUT2D eigenvalue weighted by Gasteiger charge is 2.44. The number of carbonyl (C=O) groups is 1. The van der Waals surface area contributed by atoms with E-state index in [1.165, 1.54) is 12.1 Å². The first-order valence-electron chi connectivity index (χ1n) is 13.4. The van der Waals surface area contributed by atoms with Crippen molar-refractivity contribution in [2.75, 3.05) is 49.6 Å². The predicted octanol–water partition coefficient (Wildman–Crippen LogP) is 5.88. The van der Waals surface area contributed by atoms with Crippen molar-refractivity contribution in [3.8, 4) is 22.4 Å². The van der Waals surface area contributed by atoms with Gasteiger partial charge in [0.2, 0.25) is 0 Å². The fourth-order valence-corrected chi connectivity index (χ4v) is 4.81. The maximum atomic E-state index is 14.9. The summed E-state index contributed by atoms with van der Waals surface area (Å²) in [7, 11) is 1.81. The maximum absolute atomic E-state index is 14.9. The van der Waals surface area contributed by atoms with Gasteiger partial charge in [-0.3, -0.25) is 4.68 Å². The van der Waals surface area contributed by atoms with Crippen molar-refractivity contribution in [2.45, 2.75) is 33.4 Å². The maximum Gasteiger partial charge on any atom is 0.393 e. The number of ether oxygens (including phenoxy) is 1. The van der Waals surface area contributed by atoms with Crippen molar-refractivity contribution in [3.05, 3.63) is 48.0 Å². The van der Waals surface area contributed by atoms with Crippen molar-refractivity contribution >= 4 is 17.5 Å². The van der Waals surface area contributed by atoms with E-state index in [0.29, 0.717) is 43.1 Å². The van der Waals surface area contributed by atoms with Gasteiger partial charge in [0.05, 0.1) is 36.7 Å². The van der Waals surface area contributed by atoms with Crippen LogP contribution in [-0.4, -0.2) is 71.3 Å². The van der Waals surface area contributed by atoms with E-state index in [4.69, 9.17) is 9.72 Å². The van der Waals surface area contributed by atoms with Crippen molar-refractivity contribution in [2.24, 2.45) is 13.0 Å². The molecule has 5 rings (SSSR count). The van der Waals surface area contributed by atoms with Crippen LogP contribution in [0.5, 0.6) is 0 Å². The largest absolute Gasteiger partial charge is 0.393 e. The summed E-state index contributed by atoms with van der Waals surface area (Å²) in [6, 6.07) is 5.86. The van der Waals surface area contributed by atoms with Crippen LogP contribution in [0.15, 0.2) is 36.7 Å². The van der Waals surface area contributed by atoms with Crippen LogP contribution in [0, 0.1) is 18.7 Å². The fourth-order valence-electron chi connectivity index (χ4n) is 4.81. The average Bonchev–Trinajstić information content (AvgIpc) is 3.62. The molecular formula is C28H34F4N6O2. The van der Waals surface area contributed by atoms with Crippen LogP contribution in [0.3, 0.4) is 0 Å². The lowest BCUT2D eigenvalue weighted by atomic mass is 9.98. The van der Waals surface area contributed by atoms with Crippen molar-refractivity contribution in [3.63, 3.8) is 0 Å². The summed E-state index contributed by atoms with van der Waals surface area (Å²) in [4.78, 5) is 20.7. The molecule has 0 spiro atoms. The minimum atomic E-state index is -4.37. The predicted molar refractivity (Wildman–Crippen MR) is 146 cm³/mol. The summed E-state index contributed by atoms with van der Waals surface area (Å²) < 4.78 is 61.2. The lowest BCUT2D eigenvalue weighted by molar-refractivity contribution is -0.169. The Kier molecular flexibility index (Phi) is 8.97. The summed E-state index contributed by atoms with van der Waals surface area (Å²) in [6.45, 7) is 7.76. The molecule has 1 aromatic carbocycles. The van der Waals surface area contributed by atoms with E-state index in [1.807, 2.05) is 39.2 Å². The zero-order chi connectivity index (χ0) is 29.0. The topological polar surface area (TPSA) is 75.5 Å². The molecule has 4 heterocycles. The molecule has 216 valence electrons. The SMILES string of the molecule is CC.Cc1cc(F)c(NC(=O)N2CCC(C(F)(F)F)C2)cc1-c1cc(-c2cnn(C)c2)nc(N2CCOCC2)c1. The third-order valence-electron chi connectivity index (χ3n) is 6.95. The molecule has 1 unspecified atom stereocenters. The summed E-state index contributed by atoms with van der Waals surface area (Å²) in [5.74, 6) is -1.51. The minimum Gasteiger partial charge on any atom is -0.378 e. The van der Waals surface area contributed by atoms with Crippen molar-refractivity contribution < 1.29 is 27.1 Å². The number of hydrogen-bond acceptors (Lipinski definition) is 5. The highest BCUT2D eigenvalue weighted by Crippen LogP contribution is 2.36. The Morgan fingerprint density at radius 2 is 1.80 bits per heavy atom. The van der Waals surface area contributed by atoms with Gasteiger partial charge in [-0.2, -0.15) is 18.3 Å². The first-order chi connectivity index (χ1) is 19.1. The number of likely N-dealkylation sites (tertiary alicyclic amines) is 1. The van der Waals surface area contributed by atoms with Gasteiger partial charge in [-0.25, -0.2) is 14.2 Å². The molecule has 40 heavy (non-hydrogen) atoms. The number of morpholine rings is 1. The quantitative estimate of drug-likeness (QED) is 0.403. The molecule has 2 amide bonds. The summed E-state index contributed by atoms with van der Waals surface area (Å²) in [5.41, 5.74) is 3.45. The number of halogens is 4. The number of pyridine rings is 1. The number of rotatable bonds is 4. The van der Waals surface area contributed by atoms with Gasteiger partial charge in [0.1, 0.15) is 11.6 Å². The summed E-state index contributed by atoms with van der Waals surface area (Å²) >= 11 is 0. The van der Waals surface area contributed by atoms with Crippen LogP contribution in [0.2, 0.25) is 0 Å². The highest BCUT2D eigenvalue weighted by molar-refractivity contribution is 5.91. The molecule has 0 radical (unpaired) electrons. The molecule has 2 aliphatic rings. The summed E-state index contributed by atoms with van der Waals surface area (Å²) in [5, 5.41) is 6.72. The average molecular weight is 563 g/mol. The van der Waals surface area contributed by atoms with Crippen molar-refractivity contribution in [1.29, 1.82) is 0 Å². The zero-order valence-electron chi connectivity index (χ0n) is 23.1. The molecule has 3 aromatic rings. The number of alkyl halides is 3. The Morgan fingerprint density at radius 1 is 1.07 bits per heavy atom. The van der Waals surface area contributed by atoms with Gasteiger partial charge in [-0.15, -0.1) is 0 Å². The molecule has 8 nitrogen and oxygen atoms in total. The van der Waals surface area contributed by atoms with Gasteiger partial charge in [0.25, 0.3) is 0 Å². The molecule has 2 aromatic heterocycles. The van der Waals surface area contributed by atoms with Gasteiger partial charge in [-0.05, 0) is 54.3 Å². The second-order valence-electron chi connectivity index (χ2n) is 9.65. The van der Waals surface area contributed by atoms with E-state index < -0.39 is 30.5 Å². The minimum absolute atomic E-state index is 0.0436. The highest BCUT2D eigenvalue weighted by atomic mass is 19.4. The van der Waals surface area contributed by atoms with Crippen LogP contribution in [0.25, 0.3) is 22.4 Å². The number of hydrogen-bond donors (Lipinski definition) is 1. The molecule has 12 heteroatoms. The number of amides is 2. The normalized spacial score (nSPS) is 17.4. The number of carbonyl (C=O) groups excluding carboxylic acids is 1. The number of aryl methyl sites for hydroxylation is 2. The Hall–Kier alpha value is -3.67. The molecular weight excluding hydrogens is 528 g/mol. The van der Waals surface area contributed by atoms with E-state index in [0.717, 1.165) is 21.8 Å². The third-order valence-corrected chi connectivity index (χ3v) is 6.95. The molecule has 2 fully saturated rings. The molecule has 1 atom stereocenters. The smallest absolute Gasteiger partial charge is 0.378 e. The van der Waals surface area contributed by atoms with Gasteiger partial charge in [0, 0.05) is 45.0 Å². The second kappa shape index (κ2) is 12.2. The number of anilines is 2. The van der Waals surface area contributed by atoms with Crippen LogP contribution in [0.1, 0.15) is 25.8 Å². The third kappa shape index (κ3) is 6.55. The number of nitrogens with one attached hydrogen (secondary N) is 1. The molecule has 0 saturated carbocycles. The Bertz CT molecular complexity index is 1340. The number of aromatic nitrogens is 3. The number of urea groups is 1. The van der Waals surface area contributed by atoms with Gasteiger partial charge >= 0.3 is 12.2 Å². The molecule has 0 bridgehead atoms. The molecule has 1 N–H and O–H groups in total. The lowest BCUT2D eigenvalue weighted by Crippen LogP contribution is -2.36. The van der Waals surface area contributed by atoms with E-state index in [-0.39, 0.29) is 18.7 Å². The molecule has 2 saturated heterocycles. The van der Waals surface area contributed by atoms with E-state index >= 15 is 0 Å². The van der Waals surface area contributed by atoms with Crippen molar-refractivity contribution in [1.82, 2.24) is 19.7 Å². The summed E-state index contributed by atoms with van der Waals surface area (Å²) in [6.07, 6.45) is -0.981. The van der Waals surface area contributed by atoms with Crippen LogP contribution >= 0.6 is 0 Å². The van der Waals surface area contributed by atoms with Crippen LogP contribution in [-0.2, 0) is 11.8 Å². The van der Waals surface area contributed by atoms with Gasteiger partial charge in [0.15, 0.2) is 0 Å².